The first-order valence-electron chi connectivity index (χ1n) is 4.29. The number of thioether (sulfide) groups is 1. The van der Waals surface area contributed by atoms with Crippen LogP contribution in [0.25, 0.3) is 0 Å². The highest BCUT2D eigenvalue weighted by atomic mass is 32.2. The molecule has 2 nitrogen and oxygen atoms in total. The van der Waals surface area contributed by atoms with E-state index < -0.39 is 17.6 Å². The summed E-state index contributed by atoms with van der Waals surface area (Å²) in [5.74, 6) is -2.40. The molecule has 0 saturated heterocycles. The number of carboxylic acids is 1. The number of carbonyl (C=O) groups is 1. The third kappa shape index (κ3) is 2.92. The van der Waals surface area contributed by atoms with E-state index >= 15 is 0 Å². The molecule has 0 heterocycles. The Morgan fingerprint density at radius 2 is 2.13 bits per heavy atom. The summed E-state index contributed by atoms with van der Waals surface area (Å²) in [6, 6.07) is 2.51. The SMILES string of the molecule is CSc1ccc(F)c(CCC(=O)O)c1F. The number of hydrogen-bond acceptors (Lipinski definition) is 2. The average Bonchev–Trinajstić information content (AvgIpc) is 2.17. The Hall–Kier alpha value is -1.10. The highest BCUT2D eigenvalue weighted by Gasteiger charge is 2.13. The van der Waals surface area contributed by atoms with E-state index in [4.69, 9.17) is 5.11 Å². The lowest BCUT2D eigenvalue weighted by molar-refractivity contribution is -0.136. The quantitative estimate of drug-likeness (QED) is 0.811. The molecule has 0 amide bonds. The summed E-state index contributed by atoms with van der Waals surface area (Å²) in [6.07, 6.45) is 1.28. The fraction of sp³-hybridized carbons (Fsp3) is 0.300. The summed E-state index contributed by atoms with van der Waals surface area (Å²) in [5, 5.41) is 8.43. The maximum Gasteiger partial charge on any atom is 0.303 e. The molecule has 1 aromatic carbocycles. The molecule has 0 bridgehead atoms. The van der Waals surface area contributed by atoms with Gasteiger partial charge in [0, 0.05) is 16.9 Å². The van der Waals surface area contributed by atoms with Crippen LogP contribution in [0.3, 0.4) is 0 Å². The van der Waals surface area contributed by atoms with Crippen LogP contribution in [0.5, 0.6) is 0 Å². The lowest BCUT2D eigenvalue weighted by atomic mass is 10.1. The predicted octanol–water partition coefficient (Wildman–Crippen LogP) is 2.70. The fourth-order valence-electron chi connectivity index (χ4n) is 1.19. The summed E-state index contributed by atoms with van der Waals surface area (Å²) in [6.45, 7) is 0. The number of halogens is 2. The van der Waals surface area contributed by atoms with Crippen molar-refractivity contribution in [3.8, 4) is 0 Å². The maximum atomic E-state index is 13.5. The first-order valence-corrected chi connectivity index (χ1v) is 5.51. The third-order valence-corrected chi connectivity index (χ3v) is 2.71. The van der Waals surface area contributed by atoms with Crippen molar-refractivity contribution >= 4 is 17.7 Å². The van der Waals surface area contributed by atoms with Gasteiger partial charge in [0.15, 0.2) is 0 Å². The minimum atomic E-state index is -1.07. The van der Waals surface area contributed by atoms with Crippen LogP contribution >= 0.6 is 11.8 Å². The topological polar surface area (TPSA) is 37.3 Å². The number of hydrogen-bond donors (Lipinski definition) is 1. The van der Waals surface area contributed by atoms with Gasteiger partial charge in [-0.3, -0.25) is 4.79 Å². The zero-order valence-corrected chi connectivity index (χ0v) is 8.91. The lowest BCUT2D eigenvalue weighted by Gasteiger charge is -2.06. The molecule has 15 heavy (non-hydrogen) atoms. The Morgan fingerprint density at radius 1 is 1.47 bits per heavy atom. The van der Waals surface area contributed by atoms with Crippen LogP contribution in [0.4, 0.5) is 8.78 Å². The summed E-state index contributed by atoms with van der Waals surface area (Å²) < 4.78 is 26.7. The molecule has 0 radical (unpaired) electrons. The molecule has 0 fully saturated rings. The van der Waals surface area contributed by atoms with E-state index in [1.807, 2.05) is 0 Å². The molecule has 82 valence electrons. The number of rotatable bonds is 4. The van der Waals surface area contributed by atoms with Crippen molar-refractivity contribution < 1.29 is 18.7 Å². The third-order valence-electron chi connectivity index (χ3n) is 1.96. The van der Waals surface area contributed by atoms with E-state index in [1.165, 1.54) is 6.07 Å². The molecule has 0 aromatic heterocycles. The van der Waals surface area contributed by atoms with Crippen LogP contribution in [-0.2, 0) is 11.2 Å². The second kappa shape index (κ2) is 5.11. The highest BCUT2D eigenvalue weighted by molar-refractivity contribution is 7.98. The van der Waals surface area contributed by atoms with Gasteiger partial charge in [-0.05, 0) is 24.8 Å². The Morgan fingerprint density at radius 3 is 2.67 bits per heavy atom. The molecule has 0 aliphatic rings. The molecular weight excluding hydrogens is 222 g/mol. The largest absolute Gasteiger partial charge is 0.481 e. The monoisotopic (exact) mass is 232 g/mol. The lowest BCUT2D eigenvalue weighted by Crippen LogP contribution is -2.02. The molecular formula is C10H10F2O2S. The second-order valence-electron chi connectivity index (χ2n) is 2.94. The molecule has 0 aliphatic carbocycles. The summed E-state index contributed by atoms with van der Waals surface area (Å²) in [4.78, 5) is 10.6. The molecule has 1 rings (SSSR count). The molecule has 1 aromatic rings. The number of carboxylic acid groups (broad SMARTS) is 1. The van der Waals surface area contributed by atoms with Gasteiger partial charge in [-0.1, -0.05) is 0 Å². The van der Waals surface area contributed by atoms with Gasteiger partial charge in [0.05, 0.1) is 0 Å². The average molecular weight is 232 g/mol. The van der Waals surface area contributed by atoms with E-state index in [0.29, 0.717) is 4.90 Å². The van der Waals surface area contributed by atoms with Gasteiger partial charge in [0.25, 0.3) is 0 Å². The molecule has 1 N–H and O–H groups in total. The smallest absolute Gasteiger partial charge is 0.303 e. The molecule has 0 saturated carbocycles. The normalized spacial score (nSPS) is 10.3. The Labute approximate surface area is 90.3 Å². The van der Waals surface area contributed by atoms with E-state index in [0.717, 1.165) is 17.8 Å². The van der Waals surface area contributed by atoms with Crippen molar-refractivity contribution in [3.63, 3.8) is 0 Å². The van der Waals surface area contributed by atoms with Gasteiger partial charge in [-0.25, -0.2) is 8.78 Å². The summed E-state index contributed by atoms with van der Waals surface area (Å²) in [7, 11) is 0. The summed E-state index contributed by atoms with van der Waals surface area (Å²) in [5.41, 5.74) is -0.149. The van der Waals surface area contributed by atoms with Gasteiger partial charge >= 0.3 is 5.97 Å². The maximum absolute atomic E-state index is 13.5. The van der Waals surface area contributed by atoms with Crippen molar-refractivity contribution in [2.75, 3.05) is 6.26 Å². The van der Waals surface area contributed by atoms with Crippen molar-refractivity contribution in [1.82, 2.24) is 0 Å². The zero-order chi connectivity index (χ0) is 11.4. The predicted molar refractivity (Wildman–Crippen MR) is 54.1 cm³/mol. The van der Waals surface area contributed by atoms with Crippen LogP contribution in [0.1, 0.15) is 12.0 Å². The Balaban J connectivity index is 2.98. The van der Waals surface area contributed by atoms with Crippen LogP contribution < -0.4 is 0 Å². The van der Waals surface area contributed by atoms with Gasteiger partial charge in [0.1, 0.15) is 11.6 Å². The van der Waals surface area contributed by atoms with Gasteiger partial charge in [0.2, 0.25) is 0 Å². The molecule has 5 heteroatoms. The van der Waals surface area contributed by atoms with Gasteiger partial charge in [-0.2, -0.15) is 0 Å². The van der Waals surface area contributed by atoms with Gasteiger partial charge < -0.3 is 5.11 Å². The molecule has 0 atom stereocenters. The standard InChI is InChI=1S/C10H10F2O2S/c1-15-8-4-3-7(11)6(10(8)12)2-5-9(13)14/h3-4H,2,5H2,1H3,(H,13,14). The van der Waals surface area contributed by atoms with Crippen molar-refractivity contribution in [2.45, 2.75) is 17.7 Å². The number of benzene rings is 1. The molecule has 0 spiro atoms. The van der Waals surface area contributed by atoms with Crippen molar-refractivity contribution in [2.24, 2.45) is 0 Å². The number of aliphatic carboxylic acids is 1. The highest BCUT2D eigenvalue weighted by Crippen LogP contribution is 2.24. The van der Waals surface area contributed by atoms with Crippen LogP contribution in [0.15, 0.2) is 17.0 Å². The summed E-state index contributed by atoms with van der Waals surface area (Å²) >= 11 is 1.16. The van der Waals surface area contributed by atoms with Crippen LogP contribution in [0.2, 0.25) is 0 Å². The van der Waals surface area contributed by atoms with Crippen LogP contribution in [-0.4, -0.2) is 17.3 Å². The minimum absolute atomic E-state index is 0.124. The van der Waals surface area contributed by atoms with Crippen molar-refractivity contribution in [3.05, 3.63) is 29.3 Å². The molecule has 0 aliphatic heterocycles. The Kier molecular flexibility index (Phi) is 4.08. The van der Waals surface area contributed by atoms with E-state index in [2.05, 4.69) is 0 Å². The van der Waals surface area contributed by atoms with Crippen LogP contribution in [0, 0.1) is 11.6 Å². The Bertz CT molecular complexity index is 380. The van der Waals surface area contributed by atoms with Crippen molar-refractivity contribution in [1.29, 1.82) is 0 Å². The zero-order valence-electron chi connectivity index (χ0n) is 8.09. The van der Waals surface area contributed by atoms with E-state index in [9.17, 15) is 13.6 Å². The van der Waals surface area contributed by atoms with E-state index in [1.54, 1.807) is 6.26 Å². The first-order chi connectivity index (χ1) is 7.06. The van der Waals surface area contributed by atoms with Gasteiger partial charge in [-0.15, -0.1) is 11.8 Å². The first kappa shape index (κ1) is 12.0. The van der Waals surface area contributed by atoms with E-state index in [-0.39, 0.29) is 18.4 Å². The second-order valence-corrected chi connectivity index (χ2v) is 3.78. The fourth-order valence-corrected chi connectivity index (χ4v) is 1.70. The minimum Gasteiger partial charge on any atom is -0.481 e. The molecule has 0 unspecified atom stereocenters.